The highest BCUT2D eigenvalue weighted by Crippen LogP contribution is 2.04. The zero-order valence-corrected chi connectivity index (χ0v) is 11.6. The molecule has 0 radical (unpaired) electrons. The van der Waals surface area contributed by atoms with Crippen LogP contribution >= 0.6 is 0 Å². The van der Waals surface area contributed by atoms with E-state index in [1.807, 2.05) is 0 Å². The van der Waals surface area contributed by atoms with E-state index in [-0.39, 0.29) is 5.54 Å². The van der Waals surface area contributed by atoms with Gasteiger partial charge in [-0.15, -0.1) is 0 Å². The van der Waals surface area contributed by atoms with Gasteiger partial charge in [0.2, 0.25) is 0 Å². The summed E-state index contributed by atoms with van der Waals surface area (Å²) in [5.41, 5.74) is 0.234. The smallest absolute Gasteiger partial charge is 0.0192 e. The molecule has 0 bridgehead atoms. The van der Waals surface area contributed by atoms with Crippen LogP contribution in [0.2, 0.25) is 0 Å². The molecule has 0 rings (SSSR count). The highest BCUT2D eigenvalue weighted by Gasteiger charge is 2.15. The fourth-order valence-electron chi connectivity index (χ4n) is 1.71. The second kappa shape index (κ2) is 7.24. The average Bonchev–Trinajstić information content (AvgIpc) is 2.13. The summed E-state index contributed by atoms with van der Waals surface area (Å²) < 4.78 is 0. The van der Waals surface area contributed by atoms with Crippen LogP contribution in [0.4, 0.5) is 0 Å². The lowest BCUT2D eigenvalue weighted by atomic mass is 10.1. The van der Waals surface area contributed by atoms with E-state index in [9.17, 15) is 0 Å². The zero-order valence-electron chi connectivity index (χ0n) is 11.6. The maximum Gasteiger partial charge on any atom is 0.0192 e. The second-order valence-corrected chi connectivity index (χ2v) is 5.52. The maximum atomic E-state index is 3.58. The van der Waals surface area contributed by atoms with Crippen LogP contribution in [-0.4, -0.2) is 36.1 Å². The largest absolute Gasteiger partial charge is 0.311 e. The summed E-state index contributed by atoms with van der Waals surface area (Å²) >= 11 is 0. The number of rotatable bonds is 7. The fraction of sp³-hybridized carbons (Fsp3) is 1.00. The van der Waals surface area contributed by atoms with Gasteiger partial charge in [-0.2, -0.15) is 0 Å². The third-order valence-corrected chi connectivity index (χ3v) is 2.57. The zero-order chi connectivity index (χ0) is 11.9. The summed E-state index contributed by atoms with van der Waals surface area (Å²) in [7, 11) is 0. The highest BCUT2D eigenvalue weighted by molar-refractivity contribution is 4.76. The van der Waals surface area contributed by atoms with Gasteiger partial charge < -0.3 is 5.32 Å². The topological polar surface area (TPSA) is 15.3 Å². The van der Waals surface area contributed by atoms with E-state index in [0.717, 1.165) is 6.54 Å². The van der Waals surface area contributed by atoms with Crippen LogP contribution in [0.1, 0.15) is 54.4 Å². The Labute approximate surface area is 96.4 Å². The first-order chi connectivity index (χ1) is 6.90. The molecular formula is C13H30N2. The van der Waals surface area contributed by atoms with Crippen molar-refractivity contribution in [3.8, 4) is 0 Å². The molecule has 0 aliphatic rings. The van der Waals surface area contributed by atoms with E-state index in [1.165, 1.54) is 25.9 Å². The van der Waals surface area contributed by atoms with Gasteiger partial charge in [-0.3, -0.25) is 4.90 Å². The van der Waals surface area contributed by atoms with Crippen LogP contribution in [0.25, 0.3) is 0 Å². The third-order valence-electron chi connectivity index (χ3n) is 2.57. The van der Waals surface area contributed by atoms with Crippen molar-refractivity contribution in [1.29, 1.82) is 0 Å². The molecule has 92 valence electrons. The summed E-state index contributed by atoms with van der Waals surface area (Å²) in [5.74, 6) is 0. The summed E-state index contributed by atoms with van der Waals surface area (Å²) in [6.45, 7) is 17.0. The molecule has 0 aliphatic heterocycles. The minimum absolute atomic E-state index is 0.234. The molecule has 1 N–H and O–H groups in total. The van der Waals surface area contributed by atoms with E-state index in [2.05, 4.69) is 51.8 Å². The lowest BCUT2D eigenvalue weighted by Crippen LogP contribution is -2.46. The van der Waals surface area contributed by atoms with Gasteiger partial charge in [0.25, 0.3) is 0 Å². The fourth-order valence-corrected chi connectivity index (χ4v) is 1.71. The Kier molecular flexibility index (Phi) is 7.20. The standard InChI is InChI=1S/C13H30N2/c1-7-9-15(10-8-2)12(3)11-14-13(4,5)6/h12,14H,7-11H2,1-6H3. The Morgan fingerprint density at radius 3 is 1.87 bits per heavy atom. The van der Waals surface area contributed by atoms with Crippen molar-refractivity contribution in [2.45, 2.75) is 66.0 Å². The molecule has 0 saturated heterocycles. The molecule has 0 fully saturated rings. The van der Waals surface area contributed by atoms with Crippen LogP contribution < -0.4 is 5.32 Å². The number of nitrogens with zero attached hydrogens (tertiary/aromatic N) is 1. The third kappa shape index (κ3) is 7.80. The van der Waals surface area contributed by atoms with Crippen LogP contribution in [-0.2, 0) is 0 Å². The van der Waals surface area contributed by atoms with Gasteiger partial charge in [0.1, 0.15) is 0 Å². The van der Waals surface area contributed by atoms with Crippen LogP contribution in [0.15, 0.2) is 0 Å². The first kappa shape index (κ1) is 14.9. The molecule has 1 atom stereocenters. The number of hydrogen-bond donors (Lipinski definition) is 1. The minimum Gasteiger partial charge on any atom is -0.311 e. The molecule has 0 aliphatic carbocycles. The van der Waals surface area contributed by atoms with Crippen molar-refractivity contribution in [3.05, 3.63) is 0 Å². The summed E-state index contributed by atoms with van der Waals surface area (Å²) in [4.78, 5) is 2.58. The van der Waals surface area contributed by atoms with Crippen molar-refractivity contribution in [1.82, 2.24) is 10.2 Å². The van der Waals surface area contributed by atoms with Crippen LogP contribution in [0.5, 0.6) is 0 Å². The van der Waals surface area contributed by atoms with Gasteiger partial charge in [0, 0.05) is 18.1 Å². The summed E-state index contributed by atoms with van der Waals surface area (Å²) in [6.07, 6.45) is 2.50. The Hall–Kier alpha value is -0.0800. The monoisotopic (exact) mass is 214 g/mol. The van der Waals surface area contributed by atoms with E-state index < -0.39 is 0 Å². The second-order valence-electron chi connectivity index (χ2n) is 5.52. The van der Waals surface area contributed by atoms with Gasteiger partial charge >= 0.3 is 0 Å². The lowest BCUT2D eigenvalue weighted by Gasteiger charge is -2.31. The predicted molar refractivity (Wildman–Crippen MR) is 69.4 cm³/mol. The molecule has 15 heavy (non-hydrogen) atoms. The van der Waals surface area contributed by atoms with Crippen LogP contribution in [0, 0.1) is 0 Å². The van der Waals surface area contributed by atoms with Gasteiger partial charge in [0.05, 0.1) is 0 Å². The molecule has 0 amide bonds. The summed E-state index contributed by atoms with van der Waals surface area (Å²) in [6, 6.07) is 0.643. The summed E-state index contributed by atoms with van der Waals surface area (Å²) in [5, 5.41) is 3.58. The van der Waals surface area contributed by atoms with Crippen molar-refractivity contribution in [3.63, 3.8) is 0 Å². The Morgan fingerprint density at radius 1 is 1.07 bits per heavy atom. The number of nitrogens with one attached hydrogen (secondary N) is 1. The molecule has 0 heterocycles. The minimum atomic E-state index is 0.234. The van der Waals surface area contributed by atoms with Gasteiger partial charge in [-0.05, 0) is 53.6 Å². The lowest BCUT2D eigenvalue weighted by molar-refractivity contribution is 0.195. The van der Waals surface area contributed by atoms with Crippen molar-refractivity contribution in [2.24, 2.45) is 0 Å². The van der Waals surface area contributed by atoms with Crippen LogP contribution in [0.3, 0.4) is 0 Å². The van der Waals surface area contributed by atoms with Crippen molar-refractivity contribution >= 4 is 0 Å². The SMILES string of the molecule is CCCN(CCC)C(C)CNC(C)(C)C. The Bertz CT molecular complexity index is 143. The molecule has 0 saturated carbocycles. The first-order valence-corrected chi connectivity index (χ1v) is 6.39. The predicted octanol–water partition coefficient (Wildman–Crippen LogP) is 2.89. The Morgan fingerprint density at radius 2 is 1.53 bits per heavy atom. The molecule has 0 spiro atoms. The normalized spacial score (nSPS) is 14.6. The quantitative estimate of drug-likeness (QED) is 0.701. The molecule has 2 heteroatoms. The first-order valence-electron chi connectivity index (χ1n) is 6.39. The molecular weight excluding hydrogens is 184 g/mol. The average molecular weight is 214 g/mol. The Balaban J connectivity index is 3.96. The van der Waals surface area contributed by atoms with Crippen molar-refractivity contribution < 1.29 is 0 Å². The van der Waals surface area contributed by atoms with Gasteiger partial charge in [0.15, 0.2) is 0 Å². The number of hydrogen-bond acceptors (Lipinski definition) is 2. The van der Waals surface area contributed by atoms with Gasteiger partial charge in [-0.25, -0.2) is 0 Å². The van der Waals surface area contributed by atoms with E-state index in [4.69, 9.17) is 0 Å². The molecule has 0 aromatic rings. The van der Waals surface area contributed by atoms with Crippen molar-refractivity contribution in [2.75, 3.05) is 19.6 Å². The molecule has 0 aromatic heterocycles. The molecule has 2 nitrogen and oxygen atoms in total. The maximum absolute atomic E-state index is 3.58. The van der Waals surface area contributed by atoms with E-state index in [0.29, 0.717) is 6.04 Å². The van der Waals surface area contributed by atoms with E-state index >= 15 is 0 Å². The van der Waals surface area contributed by atoms with E-state index in [1.54, 1.807) is 0 Å². The molecule has 1 unspecified atom stereocenters. The van der Waals surface area contributed by atoms with Gasteiger partial charge in [-0.1, -0.05) is 13.8 Å². The highest BCUT2D eigenvalue weighted by atomic mass is 15.2. The molecule has 0 aromatic carbocycles.